The third-order valence-corrected chi connectivity index (χ3v) is 4.41. The smallest absolute Gasteiger partial charge is 0.238 e. The Bertz CT molecular complexity index is 312. The van der Waals surface area contributed by atoms with E-state index in [1.807, 2.05) is 6.92 Å². The molecule has 0 saturated carbocycles. The second kappa shape index (κ2) is 6.85. The number of hydrogen-bond donors (Lipinski definition) is 2. The van der Waals surface area contributed by atoms with E-state index in [0.717, 1.165) is 6.42 Å². The Morgan fingerprint density at radius 1 is 1.38 bits per heavy atom. The summed E-state index contributed by atoms with van der Waals surface area (Å²) >= 11 is 0. The molecule has 0 fully saturated rings. The summed E-state index contributed by atoms with van der Waals surface area (Å²) in [5.74, 6) is -0.461. The molecule has 0 aromatic carbocycles. The van der Waals surface area contributed by atoms with Gasteiger partial charge in [-0.2, -0.15) is 0 Å². The molecule has 2 atom stereocenters. The number of nitrogens with one attached hydrogen (secondary N) is 1. The first-order valence-corrected chi connectivity index (χ1v) is 7.27. The van der Waals surface area contributed by atoms with Gasteiger partial charge in [0.05, 0.1) is 5.75 Å². The molecule has 0 rings (SSSR count). The Morgan fingerprint density at radius 2 is 1.94 bits per heavy atom. The molecule has 6 heteroatoms. The van der Waals surface area contributed by atoms with Gasteiger partial charge in [0.2, 0.25) is 5.91 Å². The van der Waals surface area contributed by atoms with Gasteiger partial charge in [-0.1, -0.05) is 6.92 Å². The quantitative estimate of drug-likeness (QED) is 0.668. The molecule has 3 N–H and O–H groups in total. The van der Waals surface area contributed by atoms with Crippen molar-refractivity contribution in [3.8, 4) is 0 Å². The lowest BCUT2D eigenvalue weighted by molar-refractivity contribution is -0.120. The Balaban J connectivity index is 4.34. The Labute approximate surface area is 97.7 Å². The monoisotopic (exact) mass is 250 g/mol. The van der Waals surface area contributed by atoms with Crippen LogP contribution in [0.25, 0.3) is 0 Å². The number of sulfone groups is 1. The van der Waals surface area contributed by atoms with Crippen LogP contribution in [0.4, 0.5) is 0 Å². The molecule has 0 saturated heterocycles. The van der Waals surface area contributed by atoms with Crippen molar-refractivity contribution in [2.24, 2.45) is 5.73 Å². The average molecular weight is 250 g/mol. The van der Waals surface area contributed by atoms with Gasteiger partial charge in [0.15, 0.2) is 9.84 Å². The molecule has 0 aliphatic rings. The average Bonchev–Trinajstić information content (AvgIpc) is 2.22. The maximum atomic E-state index is 11.7. The number of hydrogen-bond acceptors (Lipinski definition) is 4. The normalized spacial score (nSPS) is 15.5. The standard InChI is InChI=1S/C10H22N2O3S/c1-4-6-12-10(13)9(3)16(14,15)7-5-8(2)11/h8-9H,4-7,11H2,1-3H3,(H,12,13). The second-order valence-electron chi connectivity index (χ2n) is 4.07. The van der Waals surface area contributed by atoms with Crippen molar-refractivity contribution in [3.63, 3.8) is 0 Å². The summed E-state index contributed by atoms with van der Waals surface area (Å²) in [7, 11) is -3.38. The summed E-state index contributed by atoms with van der Waals surface area (Å²) < 4.78 is 23.4. The third kappa shape index (κ3) is 5.46. The highest BCUT2D eigenvalue weighted by molar-refractivity contribution is 7.92. The summed E-state index contributed by atoms with van der Waals surface area (Å²) in [5.41, 5.74) is 5.49. The SMILES string of the molecule is CCCNC(=O)C(C)S(=O)(=O)CCC(C)N. The van der Waals surface area contributed by atoms with Gasteiger partial charge in [0, 0.05) is 12.6 Å². The molecule has 0 spiro atoms. The summed E-state index contributed by atoms with van der Waals surface area (Å²) in [4.78, 5) is 11.5. The van der Waals surface area contributed by atoms with E-state index in [4.69, 9.17) is 5.73 Å². The number of carbonyl (C=O) groups is 1. The zero-order chi connectivity index (χ0) is 12.8. The van der Waals surface area contributed by atoms with Gasteiger partial charge in [-0.05, 0) is 26.7 Å². The van der Waals surface area contributed by atoms with Crippen LogP contribution in [0.5, 0.6) is 0 Å². The van der Waals surface area contributed by atoms with Gasteiger partial charge < -0.3 is 11.1 Å². The predicted octanol–water partition coefficient (Wildman–Crippen LogP) is 0.0532. The number of rotatable bonds is 7. The van der Waals surface area contributed by atoms with Gasteiger partial charge in [0.25, 0.3) is 0 Å². The molecule has 2 unspecified atom stereocenters. The largest absolute Gasteiger partial charge is 0.355 e. The maximum absolute atomic E-state index is 11.7. The van der Waals surface area contributed by atoms with Gasteiger partial charge >= 0.3 is 0 Å². The molecular formula is C10H22N2O3S. The van der Waals surface area contributed by atoms with Gasteiger partial charge in [-0.25, -0.2) is 8.42 Å². The zero-order valence-corrected chi connectivity index (χ0v) is 11.0. The lowest BCUT2D eigenvalue weighted by atomic mass is 10.3. The summed E-state index contributed by atoms with van der Waals surface area (Å²) in [6.07, 6.45) is 1.17. The first-order valence-electron chi connectivity index (χ1n) is 5.56. The van der Waals surface area contributed by atoms with E-state index >= 15 is 0 Å². The van der Waals surface area contributed by atoms with Crippen LogP contribution in [0.2, 0.25) is 0 Å². The van der Waals surface area contributed by atoms with Crippen molar-refractivity contribution in [1.29, 1.82) is 0 Å². The minimum absolute atomic E-state index is 0.0363. The highest BCUT2D eigenvalue weighted by Gasteiger charge is 2.27. The third-order valence-electron chi connectivity index (χ3n) is 2.31. The first kappa shape index (κ1) is 15.4. The van der Waals surface area contributed by atoms with Crippen molar-refractivity contribution >= 4 is 15.7 Å². The zero-order valence-electron chi connectivity index (χ0n) is 10.2. The van der Waals surface area contributed by atoms with Crippen molar-refractivity contribution in [2.45, 2.75) is 44.9 Å². The summed E-state index contributed by atoms with van der Waals surface area (Å²) in [5, 5.41) is 1.59. The minimum atomic E-state index is -3.38. The molecule has 0 aliphatic carbocycles. The van der Waals surface area contributed by atoms with E-state index in [0.29, 0.717) is 13.0 Å². The highest BCUT2D eigenvalue weighted by Crippen LogP contribution is 2.05. The molecule has 1 amide bonds. The van der Waals surface area contributed by atoms with Crippen LogP contribution >= 0.6 is 0 Å². The van der Waals surface area contributed by atoms with Crippen LogP contribution in [0, 0.1) is 0 Å². The lowest BCUT2D eigenvalue weighted by Gasteiger charge is -2.13. The van der Waals surface area contributed by atoms with E-state index < -0.39 is 21.0 Å². The molecule has 16 heavy (non-hydrogen) atoms. The van der Waals surface area contributed by atoms with E-state index in [2.05, 4.69) is 5.32 Å². The van der Waals surface area contributed by atoms with E-state index in [1.165, 1.54) is 6.92 Å². The summed E-state index contributed by atoms with van der Waals surface area (Å²) in [6, 6.07) is -0.166. The summed E-state index contributed by atoms with van der Waals surface area (Å²) in [6.45, 7) is 5.58. The van der Waals surface area contributed by atoms with Gasteiger partial charge in [-0.15, -0.1) is 0 Å². The molecule has 0 heterocycles. The second-order valence-corrected chi connectivity index (χ2v) is 6.51. The van der Waals surface area contributed by atoms with Crippen molar-refractivity contribution in [1.82, 2.24) is 5.32 Å². The Kier molecular flexibility index (Phi) is 6.59. The fraction of sp³-hybridized carbons (Fsp3) is 0.900. The van der Waals surface area contributed by atoms with Gasteiger partial charge in [-0.3, -0.25) is 4.79 Å². The number of nitrogens with two attached hydrogens (primary N) is 1. The van der Waals surface area contributed by atoms with Crippen LogP contribution < -0.4 is 11.1 Å². The fourth-order valence-electron chi connectivity index (χ4n) is 1.08. The lowest BCUT2D eigenvalue weighted by Crippen LogP contribution is -2.39. The molecule has 0 bridgehead atoms. The first-order chi connectivity index (χ1) is 7.31. The van der Waals surface area contributed by atoms with Crippen LogP contribution in [0.1, 0.15) is 33.6 Å². The van der Waals surface area contributed by atoms with Crippen LogP contribution in [-0.2, 0) is 14.6 Å². The van der Waals surface area contributed by atoms with Crippen LogP contribution in [0.3, 0.4) is 0 Å². The molecule has 0 aliphatic heterocycles. The van der Waals surface area contributed by atoms with Gasteiger partial charge in [0.1, 0.15) is 5.25 Å². The highest BCUT2D eigenvalue weighted by atomic mass is 32.2. The molecule has 0 aromatic heterocycles. The van der Waals surface area contributed by atoms with E-state index in [-0.39, 0.29) is 11.8 Å². The van der Waals surface area contributed by atoms with Crippen LogP contribution in [0.15, 0.2) is 0 Å². The molecule has 0 radical (unpaired) electrons. The Morgan fingerprint density at radius 3 is 2.38 bits per heavy atom. The maximum Gasteiger partial charge on any atom is 0.238 e. The molecular weight excluding hydrogens is 228 g/mol. The van der Waals surface area contributed by atoms with Crippen molar-refractivity contribution < 1.29 is 13.2 Å². The molecule has 96 valence electrons. The minimum Gasteiger partial charge on any atom is -0.355 e. The predicted molar refractivity (Wildman–Crippen MR) is 64.8 cm³/mol. The van der Waals surface area contributed by atoms with Crippen molar-refractivity contribution in [2.75, 3.05) is 12.3 Å². The fourth-order valence-corrected chi connectivity index (χ4v) is 2.55. The Hall–Kier alpha value is -0.620. The topological polar surface area (TPSA) is 89.3 Å². The molecule has 5 nitrogen and oxygen atoms in total. The van der Waals surface area contributed by atoms with E-state index in [9.17, 15) is 13.2 Å². The number of carbonyl (C=O) groups excluding carboxylic acids is 1. The molecule has 0 aromatic rings. The number of amides is 1. The van der Waals surface area contributed by atoms with E-state index in [1.54, 1.807) is 6.92 Å². The van der Waals surface area contributed by atoms with Crippen molar-refractivity contribution in [3.05, 3.63) is 0 Å². The van der Waals surface area contributed by atoms with Crippen LogP contribution in [-0.4, -0.2) is 37.9 Å².